The predicted octanol–water partition coefficient (Wildman–Crippen LogP) is 4.51. The molecule has 94 valence electrons. The second-order valence-corrected chi connectivity index (χ2v) is 4.37. The molecule has 0 aliphatic rings. The maximum Gasteiger partial charge on any atom is 0.131 e. The Morgan fingerprint density at radius 3 is 2.50 bits per heavy atom. The highest BCUT2D eigenvalue weighted by Crippen LogP contribution is 2.19. The largest absolute Gasteiger partial charge is 0.489 e. The van der Waals surface area contributed by atoms with Gasteiger partial charge in [0.05, 0.1) is 0 Å². The molecule has 0 aliphatic heterocycles. The van der Waals surface area contributed by atoms with E-state index in [4.69, 9.17) is 16.3 Å². The van der Waals surface area contributed by atoms with Crippen LogP contribution in [0.5, 0.6) is 5.75 Å². The van der Waals surface area contributed by atoms with Gasteiger partial charge in [-0.15, -0.1) is 0 Å². The first-order valence-corrected chi connectivity index (χ1v) is 5.77. The van der Waals surface area contributed by atoms with E-state index in [1.54, 1.807) is 25.1 Å². The van der Waals surface area contributed by atoms with Crippen molar-refractivity contribution in [1.29, 1.82) is 0 Å². The number of ether oxygens (including phenoxy) is 1. The van der Waals surface area contributed by atoms with Crippen LogP contribution in [0.2, 0.25) is 5.02 Å². The molecular formula is C14H11ClF2O. The molecule has 2 aromatic rings. The van der Waals surface area contributed by atoms with Crippen molar-refractivity contribution in [3.63, 3.8) is 0 Å². The normalized spacial score (nSPS) is 10.4. The summed E-state index contributed by atoms with van der Waals surface area (Å²) in [5.74, 6) is -0.204. The van der Waals surface area contributed by atoms with E-state index < -0.39 is 5.82 Å². The molecule has 18 heavy (non-hydrogen) atoms. The number of halogens is 3. The third-order valence-corrected chi connectivity index (χ3v) is 2.77. The van der Waals surface area contributed by atoms with E-state index in [1.807, 2.05) is 0 Å². The van der Waals surface area contributed by atoms with Crippen LogP contribution in [0.4, 0.5) is 8.78 Å². The monoisotopic (exact) mass is 268 g/mol. The first kappa shape index (κ1) is 12.8. The number of hydrogen-bond acceptors (Lipinski definition) is 1. The third kappa shape index (κ3) is 2.99. The molecule has 1 nitrogen and oxygen atoms in total. The fraction of sp³-hybridized carbons (Fsp3) is 0.143. The maximum atomic E-state index is 13.5. The molecule has 2 aromatic carbocycles. The van der Waals surface area contributed by atoms with Crippen LogP contribution < -0.4 is 4.74 Å². The van der Waals surface area contributed by atoms with Crippen LogP contribution in [-0.4, -0.2) is 0 Å². The summed E-state index contributed by atoms with van der Waals surface area (Å²) in [6.07, 6.45) is 0. The lowest BCUT2D eigenvalue weighted by Crippen LogP contribution is -1.99. The first-order valence-electron chi connectivity index (χ1n) is 5.39. The lowest BCUT2D eigenvalue weighted by Gasteiger charge is -2.08. The highest BCUT2D eigenvalue weighted by atomic mass is 35.5. The van der Waals surface area contributed by atoms with Crippen molar-refractivity contribution < 1.29 is 13.5 Å². The zero-order valence-corrected chi connectivity index (χ0v) is 10.5. The molecule has 0 bridgehead atoms. The molecule has 0 spiro atoms. The summed E-state index contributed by atoms with van der Waals surface area (Å²) in [5, 5.41) is 0.342. The Balaban J connectivity index is 2.09. The van der Waals surface area contributed by atoms with Gasteiger partial charge in [-0.05, 0) is 42.8 Å². The van der Waals surface area contributed by atoms with Crippen LogP contribution in [0.25, 0.3) is 0 Å². The van der Waals surface area contributed by atoms with E-state index in [1.165, 1.54) is 18.2 Å². The van der Waals surface area contributed by atoms with Crippen molar-refractivity contribution in [3.8, 4) is 5.75 Å². The summed E-state index contributed by atoms with van der Waals surface area (Å²) in [5.41, 5.74) is 0.894. The van der Waals surface area contributed by atoms with Crippen molar-refractivity contribution in [2.75, 3.05) is 0 Å². The van der Waals surface area contributed by atoms with Gasteiger partial charge in [0.15, 0.2) is 0 Å². The molecule has 0 saturated heterocycles. The van der Waals surface area contributed by atoms with Crippen LogP contribution in [0.1, 0.15) is 11.1 Å². The van der Waals surface area contributed by atoms with Crippen molar-refractivity contribution in [2.45, 2.75) is 13.5 Å². The summed E-state index contributed by atoms with van der Waals surface area (Å²) >= 11 is 5.65. The first-order chi connectivity index (χ1) is 8.56. The van der Waals surface area contributed by atoms with Crippen LogP contribution in [0.3, 0.4) is 0 Å². The molecule has 2 rings (SSSR count). The van der Waals surface area contributed by atoms with Gasteiger partial charge >= 0.3 is 0 Å². The minimum absolute atomic E-state index is 0.0775. The van der Waals surface area contributed by atoms with Gasteiger partial charge in [0, 0.05) is 10.6 Å². The fourth-order valence-electron chi connectivity index (χ4n) is 1.51. The molecular weight excluding hydrogens is 258 g/mol. The molecule has 0 atom stereocenters. The van der Waals surface area contributed by atoms with Gasteiger partial charge in [-0.25, -0.2) is 8.78 Å². The van der Waals surface area contributed by atoms with E-state index in [0.717, 1.165) is 0 Å². The van der Waals surface area contributed by atoms with Crippen molar-refractivity contribution >= 4 is 11.6 Å². The summed E-state index contributed by atoms with van der Waals surface area (Å²) in [4.78, 5) is 0. The van der Waals surface area contributed by atoms with Gasteiger partial charge in [-0.1, -0.05) is 17.7 Å². The van der Waals surface area contributed by atoms with Gasteiger partial charge in [-0.3, -0.25) is 0 Å². The van der Waals surface area contributed by atoms with Gasteiger partial charge in [0.2, 0.25) is 0 Å². The Hall–Kier alpha value is -1.61. The van der Waals surface area contributed by atoms with Gasteiger partial charge < -0.3 is 4.74 Å². The molecule has 0 N–H and O–H groups in total. The minimum Gasteiger partial charge on any atom is -0.489 e. The summed E-state index contributed by atoms with van der Waals surface area (Å²) in [6.45, 7) is 1.72. The zero-order valence-electron chi connectivity index (χ0n) is 9.71. The molecule has 0 aromatic heterocycles. The number of benzene rings is 2. The average Bonchev–Trinajstić information content (AvgIpc) is 2.32. The molecule has 0 radical (unpaired) electrons. The van der Waals surface area contributed by atoms with Crippen molar-refractivity contribution in [1.82, 2.24) is 0 Å². The standard InChI is InChI=1S/C14H11ClF2O/c1-9-6-12(4-5-13(9)16)18-8-10-2-3-11(15)7-14(10)17/h2-7H,8H2,1H3. The van der Waals surface area contributed by atoms with Gasteiger partial charge in [0.1, 0.15) is 24.0 Å². The SMILES string of the molecule is Cc1cc(OCc2ccc(Cl)cc2F)ccc1F. The summed E-state index contributed by atoms with van der Waals surface area (Å²) < 4.78 is 31.9. The lowest BCUT2D eigenvalue weighted by atomic mass is 10.2. The fourth-order valence-corrected chi connectivity index (χ4v) is 1.67. The highest BCUT2D eigenvalue weighted by Gasteiger charge is 2.05. The van der Waals surface area contributed by atoms with E-state index >= 15 is 0 Å². The van der Waals surface area contributed by atoms with Crippen LogP contribution in [0.15, 0.2) is 36.4 Å². The smallest absolute Gasteiger partial charge is 0.131 e. The molecule has 0 unspecified atom stereocenters. The third-order valence-electron chi connectivity index (χ3n) is 2.54. The number of aryl methyl sites for hydroxylation is 1. The molecule has 0 amide bonds. The van der Waals surface area contributed by atoms with Crippen LogP contribution in [0, 0.1) is 18.6 Å². The Labute approximate surface area is 109 Å². The topological polar surface area (TPSA) is 9.23 Å². The zero-order chi connectivity index (χ0) is 13.1. The van der Waals surface area contributed by atoms with Crippen molar-refractivity contribution in [2.24, 2.45) is 0 Å². The molecule has 0 saturated carbocycles. The van der Waals surface area contributed by atoms with Gasteiger partial charge in [0.25, 0.3) is 0 Å². The van der Waals surface area contributed by atoms with E-state index in [9.17, 15) is 8.78 Å². The lowest BCUT2D eigenvalue weighted by molar-refractivity contribution is 0.299. The van der Waals surface area contributed by atoms with Gasteiger partial charge in [-0.2, -0.15) is 0 Å². The highest BCUT2D eigenvalue weighted by molar-refractivity contribution is 6.30. The second-order valence-electron chi connectivity index (χ2n) is 3.94. The second kappa shape index (κ2) is 5.36. The molecule has 0 aliphatic carbocycles. The summed E-state index contributed by atoms with van der Waals surface area (Å²) in [6, 6.07) is 8.80. The number of rotatable bonds is 3. The van der Waals surface area contributed by atoms with Crippen LogP contribution >= 0.6 is 11.6 Å². The van der Waals surface area contributed by atoms with E-state index in [-0.39, 0.29) is 12.4 Å². The Kier molecular flexibility index (Phi) is 3.82. The Morgan fingerprint density at radius 1 is 1.06 bits per heavy atom. The molecule has 0 fully saturated rings. The Morgan fingerprint density at radius 2 is 1.83 bits per heavy atom. The minimum atomic E-state index is -0.415. The van der Waals surface area contributed by atoms with Crippen LogP contribution in [-0.2, 0) is 6.61 Å². The molecule has 0 heterocycles. The van der Waals surface area contributed by atoms with E-state index in [0.29, 0.717) is 21.9 Å². The summed E-state index contributed by atoms with van der Waals surface area (Å²) in [7, 11) is 0. The Bertz CT molecular complexity index is 570. The van der Waals surface area contributed by atoms with Crippen molar-refractivity contribution in [3.05, 3.63) is 64.2 Å². The predicted molar refractivity (Wildman–Crippen MR) is 66.9 cm³/mol. The van der Waals surface area contributed by atoms with E-state index in [2.05, 4.69) is 0 Å². The quantitative estimate of drug-likeness (QED) is 0.796. The maximum absolute atomic E-state index is 13.5. The average molecular weight is 269 g/mol. The molecule has 4 heteroatoms. The number of hydrogen-bond donors (Lipinski definition) is 0.